The molecule has 6 nitrogen and oxygen atoms in total. The Hall–Kier alpha value is -1.57. The van der Waals surface area contributed by atoms with Crippen LogP contribution in [0.2, 0.25) is 0 Å². The summed E-state index contributed by atoms with van der Waals surface area (Å²) in [4.78, 5) is 29.0. The van der Waals surface area contributed by atoms with Crippen LogP contribution < -0.4 is 0 Å². The summed E-state index contributed by atoms with van der Waals surface area (Å²) in [5, 5.41) is 11.3. The predicted octanol–water partition coefficient (Wildman–Crippen LogP) is 3.48. The van der Waals surface area contributed by atoms with Crippen molar-refractivity contribution in [2.24, 2.45) is 23.7 Å². The second-order valence-electron chi connectivity index (χ2n) is 7.69. The van der Waals surface area contributed by atoms with Crippen molar-refractivity contribution in [3.8, 4) is 0 Å². The van der Waals surface area contributed by atoms with E-state index >= 15 is 0 Å². The maximum absolute atomic E-state index is 14.5. The average molecular weight is 428 g/mol. The monoisotopic (exact) mass is 427 g/mol. The quantitative estimate of drug-likeness (QED) is 0.409. The Labute approximate surface area is 160 Å². The largest absolute Gasteiger partial charge is 0.342 e. The Morgan fingerprint density at radius 1 is 1.42 bits per heavy atom. The molecule has 2 aliphatic rings. The first kappa shape index (κ1) is 19.2. The highest BCUT2D eigenvalue weighted by atomic mass is 79.9. The first-order valence-corrected chi connectivity index (χ1v) is 9.79. The maximum atomic E-state index is 14.5. The number of aromatic nitrogens is 1. The number of nitrogens with zero attached hydrogens (tertiary/aromatic N) is 3. The molecule has 142 valence electrons. The third-order valence-electron chi connectivity index (χ3n) is 5.78. The van der Waals surface area contributed by atoms with Gasteiger partial charge < -0.3 is 4.90 Å². The van der Waals surface area contributed by atoms with Gasteiger partial charge in [0.25, 0.3) is 0 Å². The van der Waals surface area contributed by atoms with Crippen LogP contribution in [0.1, 0.15) is 38.2 Å². The zero-order valence-corrected chi connectivity index (χ0v) is 16.5. The van der Waals surface area contributed by atoms with Crippen LogP contribution in [-0.2, 0) is 4.79 Å². The summed E-state index contributed by atoms with van der Waals surface area (Å²) < 4.78 is 15.0. The standard InChI is InChI=1S/C18H23BrFN3O3/c1-10(2)18(24)22-7-11-3-4-12(8-22)15(11)13(9-23(25)26)16-14(19)5-6-21-17(16)20/h5-6,10-13,15H,3-4,7-9H2,1-2H3. The van der Waals surface area contributed by atoms with Gasteiger partial charge in [-0.3, -0.25) is 14.9 Å². The first-order chi connectivity index (χ1) is 12.3. The third kappa shape index (κ3) is 3.61. The number of amides is 1. The van der Waals surface area contributed by atoms with Gasteiger partial charge in [-0.1, -0.05) is 29.8 Å². The minimum absolute atomic E-state index is 0.00777. The molecular formula is C18H23BrFN3O3. The summed E-state index contributed by atoms with van der Waals surface area (Å²) in [5.74, 6) is -0.814. The molecule has 1 amide bonds. The summed E-state index contributed by atoms with van der Waals surface area (Å²) in [6, 6.07) is 1.63. The number of hydrogen-bond acceptors (Lipinski definition) is 4. The number of likely N-dealkylation sites (tertiary alicyclic amines) is 1. The molecule has 3 atom stereocenters. The number of carbonyl (C=O) groups is 1. The molecule has 1 saturated heterocycles. The Morgan fingerprint density at radius 2 is 2.04 bits per heavy atom. The van der Waals surface area contributed by atoms with Crippen molar-refractivity contribution in [2.45, 2.75) is 32.6 Å². The van der Waals surface area contributed by atoms with Gasteiger partial charge in [-0.25, -0.2) is 4.98 Å². The molecule has 1 aliphatic carbocycles. The van der Waals surface area contributed by atoms with Crippen LogP contribution >= 0.6 is 15.9 Å². The minimum atomic E-state index is -0.647. The van der Waals surface area contributed by atoms with Gasteiger partial charge in [0.15, 0.2) is 0 Å². The summed E-state index contributed by atoms with van der Waals surface area (Å²) in [6.07, 6.45) is 3.19. The van der Waals surface area contributed by atoms with Crippen molar-refractivity contribution in [3.63, 3.8) is 0 Å². The topological polar surface area (TPSA) is 76.3 Å². The Kier molecular flexibility index (Phi) is 5.60. The molecule has 1 aliphatic heterocycles. The van der Waals surface area contributed by atoms with E-state index in [0.29, 0.717) is 23.1 Å². The van der Waals surface area contributed by atoms with Gasteiger partial charge in [0.1, 0.15) is 0 Å². The molecule has 0 radical (unpaired) electrons. The molecule has 0 N–H and O–H groups in total. The van der Waals surface area contributed by atoms with Gasteiger partial charge in [0.05, 0.1) is 5.92 Å². The van der Waals surface area contributed by atoms with Crippen LogP contribution in [0, 0.1) is 39.7 Å². The zero-order valence-electron chi connectivity index (χ0n) is 14.9. The fourth-order valence-corrected chi connectivity index (χ4v) is 5.36. The Balaban J connectivity index is 1.92. The van der Waals surface area contributed by atoms with Crippen LogP contribution in [0.25, 0.3) is 0 Å². The molecule has 26 heavy (non-hydrogen) atoms. The van der Waals surface area contributed by atoms with Gasteiger partial charge in [0.2, 0.25) is 18.4 Å². The highest BCUT2D eigenvalue weighted by Gasteiger charge is 2.49. The van der Waals surface area contributed by atoms with E-state index < -0.39 is 11.9 Å². The lowest BCUT2D eigenvalue weighted by Crippen LogP contribution is -2.48. The van der Waals surface area contributed by atoms with Crippen LogP contribution in [-0.4, -0.2) is 40.3 Å². The number of hydrogen-bond donors (Lipinski definition) is 0. The fraction of sp³-hybridized carbons (Fsp3) is 0.667. The van der Waals surface area contributed by atoms with Gasteiger partial charge >= 0.3 is 0 Å². The summed E-state index contributed by atoms with van der Waals surface area (Å²) >= 11 is 3.35. The van der Waals surface area contributed by atoms with Crippen molar-refractivity contribution >= 4 is 21.8 Å². The van der Waals surface area contributed by atoms with E-state index in [9.17, 15) is 19.3 Å². The number of carbonyl (C=O) groups excluding carboxylic acids is 1. The van der Waals surface area contributed by atoms with Crippen molar-refractivity contribution in [1.29, 1.82) is 0 Å². The first-order valence-electron chi connectivity index (χ1n) is 9.00. The SMILES string of the molecule is CC(C)C(=O)N1CC2CCC(C1)C2C(C[N+](=O)[O-])c1c(Br)ccnc1F. The normalized spacial score (nSPS) is 26.2. The smallest absolute Gasteiger partial charge is 0.225 e. The number of pyridine rings is 1. The van der Waals surface area contributed by atoms with E-state index in [-0.39, 0.29) is 41.0 Å². The third-order valence-corrected chi connectivity index (χ3v) is 6.47. The van der Waals surface area contributed by atoms with Crippen LogP contribution in [0.15, 0.2) is 16.7 Å². The molecule has 0 aromatic carbocycles. The van der Waals surface area contributed by atoms with Gasteiger partial charge in [-0.15, -0.1) is 0 Å². The zero-order chi connectivity index (χ0) is 19.0. The molecule has 2 heterocycles. The second kappa shape index (κ2) is 7.58. The van der Waals surface area contributed by atoms with E-state index in [1.807, 2.05) is 18.7 Å². The van der Waals surface area contributed by atoms with Crippen molar-refractivity contribution in [2.75, 3.05) is 19.6 Å². The lowest BCUT2D eigenvalue weighted by atomic mass is 9.73. The van der Waals surface area contributed by atoms with Crippen molar-refractivity contribution in [1.82, 2.24) is 9.88 Å². The second-order valence-corrected chi connectivity index (χ2v) is 8.55. The maximum Gasteiger partial charge on any atom is 0.225 e. The molecule has 8 heteroatoms. The van der Waals surface area contributed by atoms with Gasteiger partial charge in [-0.05, 0) is 36.7 Å². The summed E-state index contributed by atoms with van der Waals surface area (Å²) in [6.45, 7) is 4.65. The molecule has 1 aromatic rings. The summed E-state index contributed by atoms with van der Waals surface area (Å²) in [7, 11) is 0. The van der Waals surface area contributed by atoms with Gasteiger partial charge in [-0.2, -0.15) is 4.39 Å². The lowest BCUT2D eigenvalue weighted by molar-refractivity contribution is -0.485. The summed E-state index contributed by atoms with van der Waals surface area (Å²) in [5.41, 5.74) is 0.301. The van der Waals surface area contributed by atoms with Crippen LogP contribution in [0.4, 0.5) is 4.39 Å². The van der Waals surface area contributed by atoms with E-state index in [4.69, 9.17) is 0 Å². The molecule has 3 unspecified atom stereocenters. The van der Waals surface area contributed by atoms with E-state index in [1.54, 1.807) is 6.07 Å². The molecule has 2 fully saturated rings. The van der Waals surface area contributed by atoms with Crippen LogP contribution in [0.5, 0.6) is 0 Å². The van der Waals surface area contributed by atoms with E-state index in [2.05, 4.69) is 20.9 Å². The molecule has 3 rings (SSSR count). The predicted molar refractivity (Wildman–Crippen MR) is 97.6 cm³/mol. The molecule has 2 bridgehead atoms. The fourth-order valence-electron chi connectivity index (χ4n) is 4.79. The van der Waals surface area contributed by atoms with Crippen molar-refractivity contribution in [3.05, 3.63) is 38.4 Å². The highest BCUT2D eigenvalue weighted by Crippen LogP contribution is 2.50. The van der Waals surface area contributed by atoms with Gasteiger partial charge in [0, 0.05) is 40.2 Å². The number of nitro groups is 1. The molecular weight excluding hydrogens is 405 g/mol. The number of halogens is 2. The Morgan fingerprint density at radius 3 is 2.54 bits per heavy atom. The van der Waals surface area contributed by atoms with Crippen molar-refractivity contribution < 1.29 is 14.1 Å². The molecule has 0 spiro atoms. The number of piperidine rings is 1. The number of fused-ring (bicyclic) bond motifs is 2. The number of rotatable bonds is 5. The lowest BCUT2D eigenvalue weighted by Gasteiger charge is -2.41. The van der Waals surface area contributed by atoms with E-state index in [1.165, 1.54) is 6.20 Å². The van der Waals surface area contributed by atoms with Crippen LogP contribution in [0.3, 0.4) is 0 Å². The molecule has 1 saturated carbocycles. The Bertz CT molecular complexity index is 681. The average Bonchev–Trinajstić information content (AvgIpc) is 2.81. The van der Waals surface area contributed by atoms with E-state index in [0.717, 1.165) is 12.8 Å². The minimum Gasteiger partial charge on any atom is -0.342 e. The highest BCUT2D eigenvalue weighted by molar-refractivity contribution is 9.10. The molecule has 1 aromatic heterocycles.